The molecule has 4 fully saturated rings. The average molecular weight is 395 g/mol. The lowest BCUT2D eigenvalue weighted by molar-refractivity contribution is -0.140. The molecule has 0 unspecified atom stereocenters. The van der Waals surface area contributed by atoms with Crippen LogP contribution in [0.4, 0.5) is 5.69 Å². The van der Waals surface area contributed by atoms with Gasteiger partial charge in [-0.15, -0.1) is 0 Å². The summed E-state index contributed by atoms with van der Waals surface area (Å²) in [7, 11) is 0. The van der Waals surface area contributed by atoms with Crippen LogP contribution in [0.5, 0.6) is 0 Å². The summed E-state index contributed by atoms with van der Waals surface area (Å²) in [6.07, 6.45) is 7.55. The smallest absolute Gasteiger partial charge is 0.230 e. The van der Waals surface area contributed by atoms with Gasteiger partial charge in [-0.2, -0.15) is 0 Å². The van der Waals surface area contributed by atoms with Gasteiger partial charge in [0.05, 0.1) is 5.41 Å². The number of amides is 1. The summed E-state index contributed by atoms with van der Waals surface area (Å²) < 4.78 is 1.18. The molecule has 0 saturated heterocycles. The third-order valence-electron chi connectivity index (χ3n) is 5.97. The molecule has 4 aliphatic carbocycles. The minimum absolute atomic E-state index is 0.0531. The van der Waals surface area contributed by atoms with Crippen LogP contribution >= 0.6 is 22.6 Å². The van der Waals surface area contributed by atoms with E-state index in [1.165, 1.54) is 22.8 Å². The highest BCUT2D eigenvalue weighted by Crippen LogP contribution is 2.60. The van der Waals surface area contributed by atoms with Gasteiger partial charge in [0.25, 0.3) is 0 Å². The summed E-state index contributed by atoms with van der Waals surface area (Å²) in [4.78, 5) is 13.0. The number of anilines is 1. The van der Waals surface area contributed by atoms with Gasteiger partial charge in [-0.3, -0.25) is 4.79 Å². The predicted molar refractivity (Wildman–Crippen MR) is 93.1 cm³/mol. The predicted octanol–water partition coefficient (Wildman–Crippen LogP) is 4.75. The Morgan fingerprint density at radius 2 is 1.71 bits per heavy atom. The SMILES string of the molecule is Cc1ccc(I)cc1NC(=O)C12CC3CC(CC(C3)C1)C2. The van der Waals surface area contributed by atoms with Crippen LogP contribution in [0.3, 0.4) is 0 Å². The van der Waals surface area contributed by atoms with Gasteiger partial charge in [-0.25, -0.2) is 0 Å². The van der Waals surface area contributed by atoms with E-state index in [0.29, 0.717) is 5.91 Å². The molecule has 112 valence electrons. The lowest BCUT2D eigenvalue weighted by Crippen LogP contribution is -2.51. The van der Waals surface area contributed by atoms with Crippen LogP contribution in [0.2, 0.25) is 0 Å². The van der Waals surface area contributed by atoms with Crippen molar-refractivity contribution in [2.75, 3.05) is 5.32 Å². The van der Waals surface area contributed by atoms with E-state index in [2.05, 4.69) is 53.0 Å². The first-order chi connectivity index (χ1) is 10.0. The molecule has 5 rings (SSSR count). The molecule has 2 nitrogen and oxygen atoms in total. The molecule has 3 heteroatoms. The summed E-state index contributed by atoms with van der Waals surface area (Å²) >= 11 is 2.31. The van der Waals surface area contributed by atoms with Gasteiger partial charge >= 0.3 is 0 Å². The van der Waals surface area contributed by atoms with Gasteiger partial charge < -0.3 is 5.32 Å². The van der Waals surface area contributed by atoms with E-state index in [0.717, 1.165) is 48.3 Å². The molecule has 1 aromatic rings. The van der Waals surface area contributed by atoms with Crippen LogP contribution in [0.1, 0.15) is 44.1 Å². The number of hydrogen-bond acceptors (Lipinski definition) is 1. The standard InChI is InChI=1S/C18H22INO/c1-11-2-3-15(19)7-16(11)20-17(21)18-8-12-4-13(9-18)6-14(5-12)10-18/h2-3,7,12-14H,4-6,8-10H2,1H3,(H,20,21). The topological polar surface area (TPSA) is 29.1 Å². The molecule has 0 heterocycles. The minimum atomic E-state index is -0.0531. The fourth-order valence-corrected chi connectivity index (χ4v) is 5.86. The van der Waals surface area contributed by atoms with E-state index in [1.54, 1.807) is 0 Å². The van der Waals surface area contributed by atoms with Crippen molar-refractivity contribution in [2.45, 2.75) is 45.4 Å². The molecule has 4 bridgehead atoms. The van der Waals surface area contributed by atoms with E-state index in [9.17, 15) is 4.79 Å². The summed E-state index contributed by atoms with van der Waals surface area (Å²) in [6.45, 7) is 2.07. The van der Waals surface area contributed by atoms with E-state index in [1.807, 2.05) is 0 Å². The number of hydrogen-bond donors (Lipinski definition) is 1. The molecule has 4 aliphatic rings. The first-order valence-corrected chi connectivity index (χ1v) is 9.19. The first kappa shape index (κ1) is 14.0. The van der Waals surface area contributed by atoms with Crippen molar-refractivity contribution in [3.8, 4) is 0 Å². The van der Waals surface area contributed by atoms with E-state index < -0.39 is 0 Å². The Balaban J connectivity index is 1.59. The average Bonchev–Trinajstić information content (AvgIpc) is 2.41. The van der Waals surface area contributed by atoms with Crippen LogP contribution in [0, 0.1) is 33.7 Å². The third-order valence-corrected chi connectivity index (χ3v) is 6.64. The van der Waals surface area contributed by atoms with Crippen molar-refractivity contribution in [3.05, 3.63) is 27.3 Å². The molecule has 0 spiro atoms. The van der Waals surface area contributed by atoms with Crippen LogP contribution in [0.25, 0.3) is 0 Å². The number of nitrogens with one attached hydrogen (secondary N) is 1. The molecule has 0 atom stereocenters. The van der Waals surface area contributed by atoms with Crippen LogP contribution in [0.15, 0.2) is 18.2 Å². The van der Waals surface area contributed by atoms with Crippen LogP contribution < -0.4 is 5.32 Å². The third kappa shape index (κ3) is 2.41. The normalized spacial score (nSPS) is 36.8. The van der Waals surface area contributed by atoms with E-state index >= 15 is 0 Å². The van der Waals surface area contributed by atoms with Crippen molar-refractivity contribution in [2.24, 2.45) is 23.2 Å². The fraction of sp³-hybridized carbons (Fsp3) is 0.611. The lowest BCUT2D eigenvalue weighted by atomic mass is 9.49. The number of aryl methyl sites for hydroxylation is 1. The maximum Gasteiger partial charge on any atom is 0.230 e. The van der Waals surface area contributed by atoms with E-state index in [4.69, 9.17) is 0 Å². The Bertz CT molecular complexity index is 560. The Hall–Kier alpha value is -0.580. The molecule has 4 saturated carbocycles. The van der Waals surface area contributed by atoms with Gasteiger partial charge in [0.15, 0.2) is 0 Å². The highest BCUT2D eigenvalue weighted by molar-refractivity contribution is 14.1. The van der Waals surface area contributed by atoms with E-state index in [-0.39, 0.29) is 5.41 Å². The lowest BCUT2D eigenvalue weighted by Gasteiger charge is -2.55. The zero-order chi connectivity index (χ0) is 14.6. The minimum Gasteiger partial charge on any atom is -0.325 e. The summed E-state index contributed by atoms with van der Waals surface area (Å²) in [5, 5.41) is 3.26. The molecule has 21 heavy (non-hydrogen) atoms. The Kier molecular flexibility index (Phi) is 3.32. The molecule has 0 radical (unpaired) electrons. The number of carbonyl (C=O) groups excluding carboxylic acids is 1. The Morgan fingerprint density at radius 1 is 1.14 bits per heavy atom. The summed E-state index contributed by atoms with van der Waals surface area (Å²) in [5.41, 5.74) is 2.11. The van der Waals surface area contributed by atoms with Gasteiger partial charge in [0.1, 0.15) is 0 Å². The second-order valence-corrected chi connectivity index (χ2v) is 8.86. The second-order valence-electron chi connectivity index (χ2n) is 7.61. The largest absolute Gasteiger partial charge is 0.325 e. The van der Waals surface area contributed by atoms with Gasteiger partial charge in [0, 0.05) is 9.26 Å². The highest BCUT2D eigenvalue weighted by Gasteiger charge is 2.54. The zero-order valence-electron chi connectivity index (χ0n) is 12.5. The molecule has 1 N–H and O–H groups in total. The number of rotatable bonds is 2. The second kappa shape index (κ2) is 4.97. The monoisotopic (exact) mass is 395 g/mol. The van der Waals surface area contributed by atoms with Crippen molar-refractivity contribution >= 4 is 34.2 Å². The van der Waals surface area contributed by atoms with Crippen LogP contribution in [-0.2, 0) is 4.79 Å². The van der Waals surface area contributed by atoms with Gasteiger partial charge in [-0.1, -0.05) is 6.07 Å². The van der Waals surface area contributed by atoms with Crippen molar-refractivity contribution in [3.63, 3.8) is 0 Å². The molecule has 1 amide bonds. The molecule has 1 aromatic carbocycles. The van der Waals surface area contributed by atoms with Crippen molar-refractivity contribution in [1.29, 1.82) is 0 Å². The fourth-order valence-electron chi connectivity index (χ4n) is 5.37. The molecule has 0 aliphatic heterocycles. The number of benzene rings is 1. The number of carbonyl (C=O) groups is 1. The van der Waals surface area contributed by atoms with Gasteiger partial charge in [0.2, 0.25) is 5.91 Å². The molecular weight excluding hydrogens is 373 g/mol. The van der Waals surface area contributed by atoms with Crippen molar-refractivity contribution < 1.29 is 4.79 Å². The number of halogens is 1. The maximum absolute atomic E-state index is 13.0. The zero-order valence-corrected chi connectivity index (χ0v) is 14.7. The summed E-state index contributed by atoms with van der Waals surface area (Å²) in [5.74, 6) is 2.75. The molecule has 0 aromatic heterocycles. The Morgan fingerprint density at radius 3 is 2.29 bits per heavy atom. The molecular formula is C18H22INO. The Labute approximate surface area is 140 Å². The van der Waals surface area contributed by atoms with Crippen molar-refractivity contribution in [1.82, 2.24) is 0 Å². The van der Waals surface area contributed by atoms with Gasteiger partial charge in [-0.05, 0) is 103 Å². The summed E-state index contributed by atoms with van der Waals surface area (Å²) in [6, 6.07) is 6.28. The van der Waals surface area contributed by atoms with Crippen LogP contribution in [-0.4, -0.2) is 5.91 Å². The quantitative estimate of drug-likeness (QED) is 0.720. The highest BCUT2D eigenvalue weighted by atomic mass is 127. The maximum atomic E-state index is 13.0. The first-order valence-electron chi connectivity index (χ1n) is 8.12.